The zero-order valence-electron chi connectivity index (χ0n) is 7.45. The van der Waals surface area contributed by atoms with Crippen LogP contribution in [0.3, 0.4) is 0 Å². The van der Waals surface area contributed by atoms with Gasteiger partial charge in [-0.05, 0) is 0 Å². The van der Waals surface area contributed by atoms with Crippen LogP contribution in [0.15, 0.2) is 0 Å². The molecule has 0 spiro atoms. The quantitative estimate of drug-likeness (QED) is 0.515. The number of unbranched alkanes of at least 4 members (excludes halogenated alkanes) is 5. The predicted octanol–water partition coefficient (Wildman–Crippen LogP) is 3.63. The van der Waals surface area contributed by atoms with Gasteiger partial charge < -0.3 is 14.4 Å². The maximum absolute atomic E-state index is 3.78. The maximum Gasteiger partial charge on any atom is 2.00 e. The Morgan fingerprint density at radius 2 is 1.50 bits per heavy atom. The number of hydrogen-bond acceptors (Lipinski definition) is 0. The Bertz CT molecular complexity index is 29.7. The van der Waals surface area contributed by atoms with Crippen molar-refractivity contribution in [2.45, 2.75) is 45.4 Å². The van der Waals surface area contributed by atoms with Crippen LogP contribution in [0.25, 0.3) is 0 Å². The van der Waals surface area contributed by atoms with E-state index in [1.54, 1.807) is 0 Å². The molecule has 0 saturated heterocycles. The Labute approximate surface area is 90.5 Å². The molecule has 60 valence electrons. The molecule has 10 heavy (non-hydrogen) atoms. The zero-order valence-corrected chi connectivity index (χ0v) is 11.6. The molecular weight excluding hydrogens is 346 g/mol. The van der Waals surface area contributed by atoms with Crippen molar-refractivity contribution in [1.29, 1.82) is 0 Å². The van der Waals surface area contributed by atoms with E-state index >= 15 is 0 Å². The molecule has 0 aromatic carbocycles. The van der Waals surface area contributed by atoms with E-state index in [2.05, 4.69) is 13.8 Å². The van der Waals surface area contributed by atoms with Gasteiger partial charge in [-0.1, -0.05) is 39.0 Å². The van der Waals surface area contributed by atoms with Gasteiger partial charge in [0.15, 0.2) is 0 Å². The zero-order chi connectivity index (χ0) is 6.24. The van der Waals surface area contributed by atoms with Crippen molar-refractivity contribution in [3.63, 3.8) is 0 Å². The summed E-state index contributed by atoms with van der Waals surface area (Å²) in [6, 6.07) is 0. The Morgan fingerprint density at radius 1 is 1.00 bits per heavy atom. The second-order valence-electron chi connectivity index (χ2n) is 2.27. The van der Waals surface area contributed by atoms with E-state index in [9.17, 15) is 0 Å². The van der Waals surface area contributed by atoms with Gasteiger partial charge in [-0.25, -0.2) is 0 Å². The van der Waals surface area contributed by atoms with Crippen molar-refractivity contribution in [2.75, 3.05) is 0 Å². The topological polar surface area (TPSA) is 0 Å². The molecule has 0 radical (unpaired) electrons. The van der Waals surface area contributed by atoms with Gasteiger partial charge in [-0.15, -0.1) is 0 Å². The van der Waals surface area contributed by atoms with Gasteiger partial charge in [0, 0.05) is 0 Å². The van der Waals surface area contributed by atoms with Gasteiger partial charge in [0.25, 0.3) is 0 Å². The van der Waals surface area contributed by atoms with Crippen LogP contribution in [0.1, 0.15) is 45.4 Å². The molecule has 0 aliphatic carbocycles. The first-order valence-electron chi connectivity index (χ1n) is 3.71. The Morgan fingerprint density at radius 3 is 1.90 bits per heavy atom. The molecule has 0 N–H and O–H groups in total. The minimum atomic E-state index is 0. The number of hydrogen-bond donors (Lipinski definition) is 0. The Balaban J connectivity index is -0.000000245. The SMILES string of the molecule is [CH2-]CCCCCCC.[CH3-].[U+2]. The first-order chi connectivity index (χ1) is 3.91. The van der Waals surface area contributed by atoms with Gasteiger partial charge >= 0.3 is 31.1 Å². The monoisotopic (exact) mass is 366 g/mol. The average molecular weight is 366 g/mol. The molecule has 0 saturated carbocycles. The molecule has 0 atom stereocenters. The van der Waals surface area contributed by atoms with Gasteiger partial charge in [0.1, 0.15) is 0 Å². The molecular formula is C9H20U. The van der Waals surface area contributed by atoms with Gasteiger partial charge in [-0.3, -0.25) is 0 Å². The van der Waals surface area contributed by atoms with Gasteiger partial charge in [-0.2, -0.15) is 6.42 Å². The van der Waals surface area contributed by atoms with Crippen LogP contribution in [0.2, 0.25) is 0 Å². The van der Waals surface area contributed by atoms with Crippen molar-refractivity contribution < 1.29 is 31.1 Å². The fourth-order valence-electron chi connectivity index (χ4n) is 0.780. The number of rotatable bonds is 5. The van der Waals surface area contributed by atoms with Crippen molar-refractivity contribution >= 4 is 0 Å². The molecule has 0 nitrogen and oxygen atoms in total. The fraction of sp³-hybridized carbons (Fsp3) is 0.778. The van der Waals surface area contributed by atoms with Crippen molar-refractivity contribution in [3.05, 3.63) is 14.4 Å². The molecule has 0 unspecified atom stereocenters. The third-order valence-electron chi connectivity index (χ3n) is 1.35. The molecule has 0 bridgehead atoms. The normalized spacial score (nSPS) is 7.80. The van der Waals surface area contributed by atoms with Crippen LogP contribution in [0, 0.1) is 45.5 Å². The summed E-state index contributed by atoms with van der Waals surface area (Å²) in [5, 5.41) is 0. The summed E-state index contributed by atoms with van der Waals surface area (Å²) in [6.45, 7) is 6.02. The smallest absolute Gasteiger partial charge is 0.358 e. The molecule has 0 aliphatic rings. The van der Waals surface area contributed by atoms with Crippen LogP contribution >= 0.6 is 0 Å². The van der Waals surface area contributed by atoms with Crippen LogP contribution < -0.4 is 0 Å². The van der Waals surface area contributed by atoms with Crippen LogP contribution in [0.4, 0.5) is 0 Å². The van der Waals surface area contributed by atoms with Crippen molar-refractivity contribution in [3.8, 4) is 0 Å². The van der Waals surface area contributed by atoms with E-state index in [0.717, 1.165) is 6.42 Å². The van der Waals surface area contributed by atoms with Crippen molar-refractivity contribution in [1.82, 2.24) is 0 Å². The Kier molecular flexibility index (Phi) is 28.5. The van der Waals surface area contributed by atoms with E-state index in [0.29, 0.717) is 0 Å². The third-order valence-corrected chi connectivity index (χ3v) is 1.35. The minimum Gasteiger partial charge on any atom is -0.358 e. The fourth-order valence-corrected chi connectivity index (χ4v) is 0.780. The first-order valence-corrected chi connectivity index (χ1v) is 3.71. The molecule has 1 heteroatoms. The summed E-state index contributed by atoms with van der Waals surface area (Å²) in [6.07, 6.45) is 7.98. The molecule has 0 heterocycles. The van der Waals surface area contributed by atoms with Gasteiger partial charge in [0.05, 0.1) is 0 Å². The summed E-state index contributed by atoms with van der Waals surface area (Å²) >= 11 is 0. The van der Waals surface area contributed by atoms with E-state index < -0.39 is 0 Å². The van der Waals surface area contributed by atoms with E-state index in [-0.39, 0.29) is 38.5 Å². The second-order valence-corrected chi connectivity index (χ2v) is 2.27. The summed E-state index contributed by atoms with van der Waals surface area (Å²) in [5.74, 6) is 0. The summed E-state index contributed by atoms with van der Waals surface area (Å²) in [7, 11) is 0. The van der Waals surface area contributed by atoms with Crippen LogP contribution in [-0.2, 0) is 0 Å². The molecule has 0 aromatic heterocycles. The molecule has 0 fully saturated rings. The average Bonchev–Trinajstić information content (AvgIpc) is 1.81. The summed E-state index contributed by atoms with van der Waals surface area (Å²) in [4.78, 5) is 0. The largest absolute Gasteiger partial charge is 2.00 e. The molecule has 0 aliphatic heterocycles. The predicted molar refractivity (Wildman–Crippen MR) is 45.1 cm³/mol. The standard InChI is InChI=1S/C8H17.CH3.U/c1-3-5-7-8-6-4-2;;/h1,3-8H2,2H3;1H3;/q2*-1;+2. The molecule has 0 aromatic rings. The second kappa shape index (κ2) is 16.6. The van der Waals surface area contributed by atoms with E-state index in [4.69, 9.17) is 0 Å². The Hall–Kier alpha value is 1.05. The van der Waals surface area contributed by atoms with Crippen molar-refractivity contribution in [2.24, 2.45) is 0 Å². The first kappa shape index (κ1) is 17.2. The van der Waals surface area contributed by atoms with E-state index in [1.807, 2.05) is 0 Å². The minimum absolute atomic E-state index is 0. The van der Waals surface area contributed by atoms with E-state index in [1.165, 1.54) is 32.1 Å². The summed E-state index contributed by atoms with van der Waals surface area (Å²) in [5.41, 5.74) is 0. The third kappa shape index (κ3) is 16.0. The molecule has 0 rings (SSSR count). The molecule has 0 amide bonds. The van der Waals surface area contributed by atoms with Crippen LogP contribution in [0.5, 0.6) is 0 Å². The summed E-state index contributed by atoms with van der Waals surface area (Å²) < 4.78 is 0. The van der Waals surface area contributed by atoms with Crippen LogP contribution in [-0.4, -0.2) is 0 Å². The maximum atomic E-state index is 3.78. The van der Waals surface area contributed by atoms with Gasteiger partial charge in [0.2, 0.25) is 0 Å².